The van der Waals surface area contributed by atoms with Gasteiger partial charge in [0.1, 0.15) is 5.75 Å². The fraction of sp³-hybridized carbons (Fsp3) is 0.562. The van der Waals surface area contributed by atoms with Crippen LogP contribution in [0, 0.1) is 0 Å². The zero-order chi connectivity index (χ0) is 15.1. The Morgan fingerprint density at radius 1 is 1.38 bits per heavy atom. The average molecular weight is 293 g/mol. The van der Waals surface area contributed by atoms with Crippen LogP contribution in [-0.4, -0.2) is 55.4 Å². The van der Waals surface area contributed by atoms with Crippen molar-refractivity contribution in [2.45, 2.75) is 25.4 Å². The van der Waals surface area contributed by atoms with Crippen molar-refractivity contribution < 1.29 is 19.4 Å². The Balaban J connectivity index is 1.66. The molecule has 1 heterocycles. The topological polar surface area (TPSA) is 59.0 Å². The lowest BCUT2D eigenvalue weighted by Crippen LogP contribution is -2.40. The number of carboxylic acids is 1. The summed E-state index contributed by atoms with van der Waals surface area (Å²) in [5.74, 6) is -0.201. The lowest BCUT2D eigenvalue weighted by Gasteiger charge is -2.31. The van der Waals surface area contributed by atoms with Gasteiger partial charge in [-0.05, 0) is 50.1 Å². The Morgan fingerprint density at radius 3 is 2.81 bits per heavy atom. The third-order valence-electron chi connectivity index (χ3n) is 3.78. The number of carbonyl (C=O) groups is 1. The van der Waals surface area contributed by atoms with Crippen LogP contribution in [0.4, 0.5) is 0 Å². The van der Waals surface area contributed by atoms with E-state index in [1.54, 1.807) is 31.4 Å². The molecule has 1 aromatic carbocycles. The van der Waals surface area contributed by atoms with Crippen LogP contribution in [0.5, 0.6) is 5.75 Å². The molecule has 1 aliphatic rings. The van der Waals surface area contributed by atoms with Gasteiger partial charge in [-0.15, -0.1) is 0 Å². The molecule has 1 aromatic rings. The van der Waals surface area contributed by atoms with Crippen LogP contribution in [0.2, 0.25) is 0 Å². The van der Waals surface area contributed by atoms with Gasteiger partial charge >= 0.3 is 5.97 Å². The summed E-state index contributed by atoms with van der Waals surface area (Å²) < 4.78 is 11.0. The van der Waals surface area contributed by atoms with Gasteiger partial charge in [0.05, 0.1) is 18.3 Å². The molecule has 21 heavy (non-hydrogen) atoms. The molecule has 1 N–H and O–H groups in total. The Labute approximate surface area is 125 Å². The van der Waals surface area contributed by atoms with E-state index in [2.05, 4.69) is 4.90 Å². The molecule has 1 saturated heterocycles. The fourth-order valence-electron chi connectivity index (χ4n) is 2.58. The number of likely N-dealkylation sites (tertiary alicyclic amines) is 1. The molecular formula is C16H23NO4. The van der Waals surface area contributed by atoms with Crippen molar-refractivity contribution in [1.82, 2.24) is 4.90 Å². The molecule has 1 fully saturated rings. The number of nitrogens with zero attached hydrogens (tertiary/aromatic N) is 1. The van der Waals surface area contributed by atoms with Crippen LogP contribution in [0.3, 0.4) is 0 Å². The first-order valence-corrected chi connectivity index (χ1v) is 7.40. The number of hydrogen-bond donors (Lipinski definition) is 1. The third kappa shape index (κ3) is 5.02. The van der Waals surface area contributed by atoms with Gasteiger partial charge in [0, 0.05) is 20.2 Å². The van der Waals surface area contributed by atoms with Gasteiger partial charge < -0.3 is 19.5 Å². The smallest absolute Gasteiger partial charge is 0.335 e. The number of rotatable bonds is 7. The highest BCUT2D eigenvalue weighted by atomic mass is 16.5. The number of piperidine rings is 1. The van der Waals surface area contributed by atoms with Crippen molar-refractivity contribution in [3.8, 4) is 5.75 Å². The number of benzene rings is 1. The molecule has 5 heteroatoms. The summed E-state index contributed by atoms with van der Waals surface area (Å²) >= 11 is 0. The van der Waals surface area contributed by atoms with Gasteiger partial charge in [-0.3, -0.25) is 0 Å². The van der Waals surface area contributed by atoms with Crippen molar-refractivity contribution in [2.24, 2.45) is 0 Å². The number of carboxylic acid groups (broad SMARTS) is 1. The van der Waals surface area contributed by atoms with Crippen LogP contribution in [0.15, 0.2) is 24.3 Å². The van der Waals surface area contributed by atoms with Crippen LogP contribution in [0.25, 0.3) is 0 Å². The van der Waals surface area contributed by atoms with Gasteiger partial charge in [-0.25, -0.2) is 4.79 Å². The minimum atomic E-state index is -0.917. The first-order chi connectivity index (χ1) is 10.2. The van der Waals surface area contributed by atoms with Crippen LogP contribution < -0.4 is 4.74 Å². The largest absolute Gasteiger partial charge is 0.494 e. The highest BCUT2D eigenvalue weighted by Gasteiger charge is 2.18. The summed E-state index contributed by atoms with van der Waals surface area (Å²) in [6.45, 7) is 3.78. The van der Waals surface area contributed by atoms with Crippen molar-refractivity contribution >= 4 is 5.97 Å². The Morgan fingerprint density at radius 2 is 2.14 bits per heavy atom. The fourth-order valence-corrected chi connectivity index (χ4v) is 2.58. The Bertz CT molecular complexity index is 446. The molecule has 0 spiro atoms. The monoisotopic (exact) mass is 293 g/mol. The number of hydrogen-bond acceptors (Lipinski definition) is 4. The molecule has 1 atom stereocenters. The molecule has 0 radical (unpaired) electrons. The predicted octanol–water partition coefficient (Wildman–Crippen LogP) is 2.26. The average Bonchev–Trinajstić information content (AvgIpc) is 2.52. The molecule has 2 rings (SSSR count). The van der Waals surface area contributed by atoms with E-state index >= 15 is 0 Å². The van der Waals surface area contributed by atoms with Crippen molar-refractivity contribution in [2.75, 3.05) is 33.4 Å². The quantitative estimate of drug-likeness (QED) is 0.781. The molecule has 0 bridgehead atoms. The molecule has 1 aliphatic heterocycles. The summed E-state index contributed by atoms with van der Waals surface area (Å²) in [5.41, 5.74) is 0.279. The van der Waals surface area contributed by atoms with Gasteiger partial charge in [0.15, 0.2) is 0 Å². The molecule has 116 valence electrons. The zero-order valence-corrected chi connectivity index (χ0v) is 12.5. The number of ether oxygens (including phenoxy) is 2. The maximum atomic E-state index is 10.7. The normalized spacial score (nSPS) is 19.4. The molecule has 0 saturated carbocycles. The molecular weight excluding hydrogens is 270 g/mol. The van der Waals surface area contributed by atoms with E-state index in [-0.39, 0.29) is 5.56 Å². The van der Waals surface area contributed by atoms with E-state index in [4.69, 9.17) is 14.6 Å². The SMILES string of the molecule is COC1CCCN(CCCOc2ccc(C(=O)O)cc2)C1. The maximum Gasteiger partial charge on any atom is 0.335 e. The van der Waals surface area contributed by atoms with E-state index in [0.29, 0.717) is 18.5 Å². The molecule has 0 aliphatic carbocycles. The maximum absolute atomic E-state index is 10.7. The second kappa shape index (κ2) is 8.00. The summed E-state index contributed by atoms with van der Waals surface area (Å²) in [4.78, 5) is 13.2. The Hall–Kier alpha value is -1.59. The molecule has 0 aromatic heterocycles. The highest BCUT2D eigenvalue weighted by Crippen LogP contribution is 2.14. The standard InChI is InChI=1S/C16H23NO4/c1-20-15-4-2-9-17(12-15)10-3-11-21-14-7-5-13(6-8-14)16(18)19/h5-8,15H,2-4,9-12H2,1H3,(H,18,19). The van der Waals surface area contributed by atoms with E-state index in [0.717, 1.165) is 32.5 Å². The summed E-state index contributed by atoms with van der Waals surface area (Å²) in [6.07, 6.45) is 3.66. The van der Waals surface area contributed by atoms with Crippen molar-refractivity contribution in [3.63, 3.8) is 0 Å². The summed E-state index contributed by atoms with van der Waals surface area (Å²) in [7, 11) is 1.78. The van der Waals surface area contributed by atoms with Crippen LogP contribution in [-0.2, 0) is 4.74 Å². The van der Waals surface area contributed by atoms with E-state index in [1.165, 1.54) is 6.42 Å². The van der Waals surface area contributed by atoms with Gasteiger partial charge in [-0.1, -0.05) is 0 Å². The summed E-state index contributed by atoms with van der Waals surface area (Å²) in [6, 6.07) is 6.52. The molecule has 0 amide bonds. The van der Waals surface area contributed by atoms with E-state index in [1.807, 2.05) is 0 Å². The Kier molecular flexibility index (Phi) is 6.02. The second-order valence-corrected chi connectivity index (χ2v) is 5.33. The lowest BCUT2D eigenvalue weighted by molar-refractivity contribution is 0.0299. The molecule has 1 unspecified atom stereocenters. The third-order valence-corrected chi connectivity index (χ3v) is 3.78. The zero-order valence-electron chi connectivity index (χ0n) is 12.5. The van der Waals surface area contributed by atoms with E-state index in [9.17, 15) is 4.79 Å². The predicted molar refractivity (Wildman–Crippen MR) is 80.0 cm³/mol. The van der Waals surface area contributed by atoms with Crippen LogP contribution >= 0.6 is 0 Å². The number of methoxy groups -OCH3 is 1. The van der Waals surface area contributed by atoms with Crippen molar-refractivity contribution in [3.05, 3.63) is 29.8 Å². The first-order valence-electron chi connectivity index (χ1n) is 7.40. The minimum absolute atomic E-state index is 0.279. The lowest BCUT2D eigenvalue weighted by atomic mass is 10.1. The second-order valence-electron chi connectivity index (χ2n) is 5.33. The highest BCUT2D eigenvalue weighted by molar-refractivity contribution is 5.87. The van der Waals surface area contributed by atoms with Gasteiger partial charge in [-0.2, -0.15) is 0 Å². The summed E-state index contributed by atoms with van der Waals surface area (Å²) in [5, 5.41) is 8.82. The van der Waals surface area contributed by atoms with Gasteiger partial charge in [0.25, 0.3) is 0 Å². The molecule has 5 nitrogen and oxygen atoms in total. The van der Waals surface area contributed by atoms with E-state index < -0.39 is 5.97 Å². The number of aromatic carboxylic acids is 1. The first kappa shape index (κ1) is 15.8. The van der Waals surface area contributed by atoms with Gasteiger partial charge in [0.2, 0.25) is 0 Å². The minimum Gasteiger partial charge on any atom is -0.494 e. The van der Waals surface area contributed by atoms with Crippen molar-refractivity contribution in [1.29, 1.82) is 0 Å². The van der Waals surface area contributed by atoms with Crippen LogP contribution in [0.1, 0.15) is 29.6 Å².